The van der Waals surface area contributed by atoms with Gasteiger partial charge in [-0.1, -0.05) is 0 Å². The molecule has 1 aliphatic rings. The lowest BCUT2D eigenvalue weighted by molar-refractivity contribution is -0.921. The molecule has 0 aromatic carbocycles. The maximum atomic E-state index is 11.5. The number of aliphatic hydroxyl groups is 1. The molecule has 3 heterocycles. The van der Waals surface area contributed by atoms with Crippen LogP contribution in [0.3, 0.4) is 0 Å². The van der Waals surface area contributed by atoms with Crippen LogP contribution in [-0.2, 0) is 5.60 Å². The van der Waals surface area contributed by atoms with E-state index in [1.807, 2.05) is 0 Å². The van der Waals surface area contributed by atoms with Crippen LogP contribution in [0.4, 0.5) is 0 Å². The van der Waals surface area contributed by atoms with E-state index in [-0.39, 0.29) is 24.0 Å². The van der Waals surface area contributed by atoms with Crippen molar-refractivity contribution in [2.45, 2.75) is 37.8 Å². The Bertz CT molecular complexity index is 527. The van der Waals surface area contributed by atoms with Crippen molar-refractivity contribution in [3.63, 3.8) is 0 Å². The van der Waals surface area contributed by atoms with Crippen LogP contribution in [0.25, 0.3) is 0 Å². The molecule has 0 amide bonds. The minimum absolute atomic E-state index is 0. The van der Waals surface area contributed by atoms with E-state index in [0.29, 0.717) is 6.04 Å². The summed E-state index contributed by atoms with van der Waals surface area (Å²) < 4.78 is 1.09. The van der Waals surface area contributed by atoms with Crippen LogP contribution in [0.15, 0.2) is 33.7 Å². The predicted molar refractivity (Wildman–Crippen MR) is 90.9 cm³/mol. The number of thiophene rings is 2. The molecule has 5 heteroatoms. The van der Waals surface area contributed by atoms with E-state index in [1.165, 1.54) is 25.9 Å². The highest BCUT2D eigenvalue weighted by Gasteiger charge is 2.41. The topological polar surface area (TPSA) is 20.2 Å². The quantitative estimate of drug-likeness (QED) is 0.535. The number of hydrogen-bond donors (Lipinski definition) is 1. The molecule has 2 aromatic rings. The first-order valence-corrected chi connectivity index (χ1v) is 9.55. The van der Waals surface area contributed by atoms with Gasteiger partial charge in [-0.3, -0.25) is 0 Å². The highest BCUT2D eigenvalue weighted by atomic mass is 127. The van der Waals surface area contributed by atoms with Crippen molar-refractivity contribution in [3.05, 3.63) is 44.8 Å². The normalized spacial score (nSPS) is 18.9. The fourth-order valence-electron chi connectivity index (χ4n) is 3.55. The summed E-state index contributed by atoms with van der Waals surface area (Å²) in [6.07, 6.45) is 3.42. The van der Waals surface area contributed by atoms with Gasteiger partial charge in [0.15, 0.2) is 0 Å². The van der Waals surface area contributed by atoms with E-state index in [1.54, 1.807) is 22.7 Å². The summed E-state index contributed by atoms with van der Waals surface area (Å²) in [7, 11) is 2.35. The smallest absolute Gasteiger partial charge is 0.122 e. The average molecular weight is 449 g/mol. The van der Waals surface area contributed by atoms with Gasteiger partial charge in [-0.05, 0) is 51.7 Å². The largest absolute Gasteiger partial charge is 1.00 e. The Morgan fingerprint density at radius 2 is 1.64 bits per heavy atom. The van der Waals surface area contributed by atoms with E-state index < -0.39 is 5.60 Å². The highest BCUT2D eigenvalue weighted by molar-refractivity contribution is 7.08. The molecule has 0 aliphatic carbocycles. The molecule has 2 nitrogen and oxygen atoms in total. The summed E-state index contributed by atoms with van der Waals surface area (Å²) in [5.74, 6) is 0. The number of hydrogen-bond acceptors (Lipinski definition) is 3. The van der Waals surface area contributed by atoms with Crippen LogP contribution >= 0.6 is 22.7 Å². The van der Waals surface area contributed by atoms with Gasteiger partial charge in [0.05, 0.1) is 26.2 Å². The Balaban J connectivity index is 0.00000176. The molecule has 0 saturated carbocycles. The van der Waals surface area contributed by atoms with E-state index in [4.69, 9.17) is 0 Å². The standard InChI is InChI=1S/C17H24NOS2.HI/c1-14(18(2)7-3-4-8-18)11-17(19,15-5-9-20-12-15)16-6-10-21-13-16;/h5-6,9-10,12-14,19H,3-4,7-8,11H2,1-2H3;1H/q+1;/p-1. The first-order valence-electron chi connectivity index (χ1n) is 7.66. The molecule has 122 valence electrons. The lowest BCUT2D eigenvalue weighted by atomic mass is 9.83. The molecule has 1 N–H and O–H groups in total. The van der Waals surface area contributed by atoms with E-state index in [0.717, 1.165) is 22.0 Å². The fraction of sp³-hybridized carbons (Fsp3) is 0.529. The third-order valence-electron chi connectivity index (χ3n) is 5.24. The van der Waals surface area contributed by atoms with Gasteiger partial charge in [-0.25, -0.2) is 0 Å². The molecular formula is C17H24INOS2. The zero-order valence-electron chi connectivity index (χ0n) is 13.2. The van der Waals surface area contributed by atoms with Crippen molar-refractivity contribution >= 4 is 22.7 Å². The second-order valence-corrected chi connectivity index (χ2v) is 8.13. The Kier molecular flexibility index (Phi) is 6.10. The van der Waals surface area contributed by atoms with Gasteiger partial charge in [-0.2, -0.15) is 22.7 Å². The number of rotatable bonds is 5. The van der Waals surface area contributed by atoms with Gasteiger partial charge in [0.1, 0.15) is 5.60 Å². The Labute approximate surface area is 158 Å². The molecule has 1 aliphatic heterocycles. The summed E-state index contributed by atoms with van der Waals surface area (Å²) in [5, 5.41) is 19.8. The van der Waals surface area contributed by atoms with Crippen LogP contribution in [0.5, 0.6) is 0 Å². The first-order chi connectivity index (χ1) is 10.0. The molecule has 1 saturated heterocycles. The van der Waals surface area contributed by atoms with Crippen molar-refractivity contribution in [2.24, 2.45) is 0 Å². The molecule has 1 fully saturated rings. The summed E-state index contributed by atoms with van der Waals surface area (Å²) >= 11 is 3.32. The monoisotopic (exact) mass is 449 g/mol. The van der Waals surface area contributed by atoms with Crippen LogP contribution in [0.1, 0.15) is 37.3 Å². The van der Waals surface area contributed by atoms with Gasteiger partial charge in [0.25, 0.3) is 0 Å². The van der Waals surface area contributed by atoms with Crippen molar-refractivity contribution in [1.82, 2.24) is 0 Å². The second-order valence-electron chi connectivity index (χ2n) is 6.57. The zero-order chi connectivity index (χ0) is 14.9. The van der Waals surface area contributed by atoms with Crippen molar-refractivity contribution in [2.75, 3.05) is 20.1 Å². The van der Waals surface area contributed by atoms with Crippen LogP contribution in [0, 0.1) is 0 Å². The predicted octanol–water partition coefficient (Wildman–Crippen LogP) is 1.07. The fourth-order valence-corrected chi connectivity index (χ4v) is 5.00. The molecule has 1 atom stereocenters. The van der Waals surface area contributed by atoms with Gasteiger partial charge >= 0.3 is 0 Å². The second kappa shape index (κ2) is 7.30. The Hall–Kier alpha value is 0.0500. The SMILES string of the molecule is CC(CC(O)(c1ccsc1)c1ccsc1)[N+]1(C)CCCC1.[I-]. The van der Waals surface area contributed by atoms with Crippen LogP contribution < -0.4 is 24.0 Å². The van der Waals surface area contributed by atoms with E-state index in [9.17, 15) is 5.11 Å². The number of halogens is 1. The lowest BCUT2D eigenvalue weighted by Crippen LogP contribution is -3.00. The van der Waals surface area contributed by atoms with Crippen molar-refractivity contribution in [3.8, 4) is 0 Å². The molecule has 3 rings (SSSR count). The molecule has 2 aromatic heterocycles. The van der Waals surface area contributed by atoms with Crippen LogP contribution in [0.2, 0.25) is 0 Å². The highest BCUT2D eigenvalue weighted by Crippen LogP contribution is 2.39. The number of quaternary nitrogens is 1. The summed E-state index contributed by atoms with van der Waals surface area (Å²) in [6, 6.07) is 4.59. The molecule has 22 heavy (non-hydrogen) atoms. The molecular weight excluding hydrogens is 425 g/mol. The summed E-state index contributed by atoms with van der Waals surface area (Å²) in [6.45, 7) is 4.78. The summed E-state index contributed by atoms with van der Waals surface area (Å²) in [4.78, 5) is 0. The lowest BCUT2D eigenvalue weighted by Gasteiger charge is -2.40. The third-order valence-corrected chi connectivity index (χ3v) is 6.61. The maximum absolute atomic E-state index is 11.5. The van der Waals surface area contributed by atoms with Gasteiger partial charge < -0.3 is 33.6 Å². The van der Waals surface area contributed by atoms with Crippen molar-refractivity contribution < 1.29 is 33.6 Å². The Morgan fingerprint density at radius 1 is 1.14 bits per heavy atom. The van der Waals surface area contributed by atoms with E-state index in [2.05, 4.69) is 47.6 Å². The maximum Gasteiger partial charge on any atom is 0.122 e. The first kappa shape index (κ1) is 18.4. The van der Waals surface area contributed by atoms with Gasteiger partial charge in [0.2, 0.25) is 0 Å². The third kappa shape index (κ3) is 3.43. The van der Waals surface area contributed by atoms with Crippen LogP contribution in [-0.4, -0.2) is 35.8 Å². The minimum atomic E-state index is -0.844. The van der Waals surface area contributed by atoms with E-state index >= 15 is 0 Å². The molecule has 0 radical (unpaired) electrons. The number of nitrogens with zero attached hydrogens (tertiary/aromatic N) is 1. The number of likely N-dealkylation sites (tertiary alicyclic amines) is 1. The minimum Gasteiger partial charge on any atom is -1.00 e. The van der Waals surface area contributed by atoms with Gasteiger partial charge in [0, 0.05) is 19.3 Å². The van der Waals surface area contributed by atoms with Gasteiger partial charge in [-0.15, -0.1) is 0 Å². The molecule has 1 unspecified atom stereocenters. The average Bonchev–Trinajstić information content (AvgIpc) is 3.21. The van der Waals surface area contributed by atoms with Crippen molar-refractivity contribution in [1.29, 1.82) is 0 Å². The zero-order valence-corrected chi connectivity index (χ0v) is 17.0. The Morgan fingerprint density at radius 3 is 2.05 bits per heavy atom. The summed E-state index contributed by atoms with van der Waals surface area (Å²) in [5.41, 5.74) is 1.25. The molecule has 0 spiro atoms. The molecule has 0 bridgehead atoms.